The van der Waals surface area contributed by atoms with Crippen molar-refractivity contribution in [3.05, 3.63) is 46.4 Å². The van der Waals surface area contributed by atoms with Crippen molar-refractivity contribution in [3.8, 4) is 11.5 Å². The Bertz CT molecular complexity index is 616. The molecule has 100 valence electrons. The maximum absolute atomic E-state index is 11.9. The zero-order chi connectivity index (χ0) is 13.8. The van der Waals surface area contributed by atoms with E-state index in [1.54, 1.807) is 18.2 Å². The van der Waals surface area contributed by atoms with Crippen LogP contribution in [0.5, 0.6) is 0 Å². The van der Waals surface area contributed by atoms with E-state index < -0.39 is 11.5 Å². The summed E-state index contributed by atoms with van der Waals surface area (Å²) >= 11 is 0. The summed E-state index contributed by atoms with van der Waals surface area (Å²) in [5, 5.41) is 8.78. The van der Waals surface area contributed by atoms with Crippen molar-refractivity contribution in [2.75, 3.05) is 20.2 Å². The van der Waals surface area contributed by atoms with Crippen molar-refractivity contribution in [2.24, 2.45) is 0 Å². The number of aromatic nitrogens is 1. The summed E-state index contributed by atoms with van der Waals surface area (Å²) < 4.78 is 5.16. The van der Waals surface area contributed by atoms with E-state index in [4.69, 9.17) is 9.52 Å². The molecule has 0 unspecified atom stereocenters. The van der Waals surface area contributed by atoms with Crippen molar-refractivity contribution in [2.45, 2.75) is 0 Å². The monoisotopic (exact) mass is 262 g/mol. The van der Waals surface area contributed by atoms with E-state index in [0.29, 0.717) is 11.5 Å². The van der Waals surface area contributed by atoms with Crippen molar-refractivity contribution >= 4 is 5.91 Å². The summed E-state index contributed by atoms with van der Waals surface area (Å²) in [6.45, 7) is 0.0306. The number of pyridine rings is 1. The molecular formula is C13H14N2O4. The molecule has 0 spiro atoms. The van der Waals surface area contributed by atoms with Gasteiger partial charge in [-0.15, -0.1) is 0 Å². The number of carbonyl (C=O) groups excluding carboxylic acids is 1. The van der Waals surface area contributed by atoms with Crippen LogP contribution in [0.25, 0.3) is 11.5 Å². The highest BCUT2D eigenvalue weighted by Gasteiger charge is 2.15. The maximum Gasteiger partial charge on any atom is 0.261 e. The Kier molecular flexibility index (Phi) is 3.82. The third kappa shape index (κ3) is 2.74. The van der Waals surface area contributed by atoms with Gasteiger partial charge in [0.05, 0.1) is 18.6 Å². The first-order chi connectivity index (χ1) is 9.13. The molecule has 0 aromatic carbocycles. The SMILES string of the molecule is CN(CCO)C(=O)c1ccc(-c2ccco2)[nH]c1=O. The Balaban J connectivity index is 2.30. The van der Waals surface area contributed by atoms with Crippen molar-refractivity contribution in [3.63, 3.8) is 0 Å². The van der Waals surface area contributed by atoms with Gasteiger partial charge in [-0.1, -0.05) is 0 Å². The molecule has 0 saturated heterocycles. The van der Waals surface area contributed by atoms with Gasteiger partial charge >= 0.3 is 0 Å². The summed E-state index contributed by atoms with van der Waals surface area (Å²) in [6.07, 6.45) is 1.50. The summed E-state index contributed by atoms with van der Waals surface area (Å²) in [7, 11) is 1.53. The Hall–Kier alpha value is -2.34. The molecule has 2 aromatic rings. The molecule has 2 aromatic heterocycles. The Morgan fingerprint density at radius 2 is 2.21 bits per heavy atom. The number of nitrogens with one attached hydrogen (secondary N) is 1. The van der Waals surface area contributed by atoms with Crippen LogP contribution in [0.1, 0.15) is 10.4 Å². The first kappa shape index (κ1) is 13.1. The highest BCUT2D eigenvalue weighted by Crippen LogP contribution is 2.15. The highest BCUT2D eigenvalue weighted by molar-refractivity contribution is 5.93. The second kappa shape index (κ2) is 5.53. The number of aromatic amines is 1. The number of amides is 1. The fraction of sp³-hybridized carbons (Fsp3) is 0.231. The third-order valence-corrected chi connectivity index (χ3v) is 2.71. The minimum Gasteiger partial charge on any atom is -0.463 e. The number of hydrogen-bond acceptors (Lipinski definition) is 4. The lowest BCUT2D eigenvalue weighted by Gasteiger charge is -2.14. The van der Waals surface area contributed by atoms with Crippen molar-refractivity contribution in [1.82, 2.24) is 9.88 Å². The number of aliphatic hydroxyl groups is 1. The van der Waals surface area contributed by atoms with Gasteiger partial charge in [0.15, 0.2) is 0 Å². The Labute approximate surface area is 109 Å². The molecule has 0 atom stereocenters. The number of furan rings is 1. The van der Waals surface area contributed by atoms with Gasteiger partial charge in [0, 0.05) is 13.6 Å². The number of hydrogen-bond donors (Lipinski definition) is 2. The number of carbonyl (C=O) groups is 1. The number of aliphatic hydroxyl groups excluding tert-OH is 1. The van der Waals surface area contributed by atoms with Crippen LogP contribution in [0.15, 0.2) is 39.7 Å². The molecular weight excluding hydrogens is 248 g/mol. The molecule has 0 fully saturated rings. The van der Waals surface area contributed by atoms with Gasteiger partial charge in [-0.2, -0.15) is 0 Å². The van der Waals surface area contributed by atoms with Crippen LogP contribution < -0.4 is 5.56 Å². The van der Waals surface area contributed by atoms with Gasteiger partial charge in [0.1, 0.15) is 11.3 Å². The van der Waals surface area contributed by atoms with Gasteiger partial charge < -0.3 is 19.4 Å². The first-order valence-electron chi connectivity index (χ1n) is 5.77. The predicted octanol–water partition coefficient (Wildman–Crippen LogP) is 0.699. The molecule has 2 rings (SSSR count). The first-order valence-corrected chi connectivity index (χ1v) is 5.77. The zero-order valence-electron chi connectivity index (χ0n) is 10.4. The normalized spacial score (nSPS) is 10.4. The van der Waals surface area contributed by atoms with E-state index >= 15 is 0 Å². The van der Waals surface area contributed by atoms with E-state index in [1.807, 2.05) is 0 Å². The topological polar surface area (TPSA) is 86.5 Å². The minimum atomic E-state index is -0.483. The van der Waals surface area contributed by atoms with Crippen LogP contribution in [-0.2, 0) is 0 Å². The molecule has 2 heterocycles. The van der Waals surface area contributed by atoms with E-state index in [-0.39, 0.29) is 18.7 Å². The second-order valence-corrected chi connectivity index (χ2v) is 4.04. The smallest absolute Gasteiger partial charge is 0.261 e. The summed E-state index contributed by atoms with van der Waals surface area (Å²) in [5.41, 5.74) is 0.0614. The molecule has 0 saturated carbocycles. The summed E-state index contributed by atoms with van der Waals surface area (Å²) in [5.74, 6) is 0.0982. The number of rotatable bonds is 4. The zero-order valence-corrected chi connectivity index (χ0v) is 10.4. The van der Waals surface area contributed by atoms with Gasteiger partial charge in [0.25, 0.3) is 11.5 Å². The molecule has 0 bridgehead atoms. The van der Waals surface area contributed by atoms with Crippen LogP contribution in [0, 0.1) is 0 Å². The Morgan fingerprint density at radius 1 is 1.42 bits per heavy atom. The molecule has 2 N–H and O–H groups in total. The molecule has 6 nitrogen and oxygen atoms in total. The molecule has 6 heteroatoms. The average Bonchev–Trinajstić information content (AvgIpc) is 2.92. The fourth-order valence-corrected chi connectivity index (χ4v) is 1.67. The molecule has 0 aliphatic carbocycles. The average molecular weight is 262 g/mol. The van der Waals surface area contributed by atoms with Gasteiger partial charge in [-0.3, -0.25) is 9.59 Å². The summed E-state index contributed by atoms with van der Waals surface area (Å²) in [4.78, 5) is 27.7. The molecule has 19 heavy (non-hydrogen) atoms. The Morgan fingerprint density at radius 3 is 2.79 bits per heavy atom. The lowest BCUT2D eigenvalue weighted by Crippen LogP contribution is -2.33. The quantitative estimate of drug-likeness (QED) is 0.849. The van der Waals surface area contributed by atoms with Crippen LogP contribution in [0.4, 0.5) is 0 Å². The third-order valence-electron chi connectivity index (χ3n) is 2.71. The highest BCUT2D eigenvalue weighted by atomic mass is 16.3. The van der Waals surface area contributed by atoms with Crippen LogP contribution in [0.3, 0.4) is 0 Å². The van der Waals surface area contributed by atoms with Gasteiger partial charge in [-0.25, -0.2) is 0 Å². The van der Waals surface area contributed by atoms with E-state index in [0.717, 1.165) is 0 Å². The number of likely N-dealkylation sites (N-methyl/N-ethyl adjacent to an activating group) is 1. The number of H-pyrrole nitrogens is 1. The van der Waals surface area contributed by atoms with E-state index in [1.165, 1.54) is 24.3 Å². The number of nitrogens with zero attached hydrogens (tertiary/aromatic N) is 1. The van der Waals surface area contributed by atoms with Gasteiger partial charge in [0.2, 0.25) is 0 Å². The minimum absolute atomic E-state index is 0.0336. The fourth-order valence-electron chi connectivity index (χ4n) is 1.67. The van der Waals surface area contributed by atoms with Crippen LogP contribution in [0.2, 0.25) is 0 Å². The summed E-state index contributed by atoms with van der Waals surface area (Å²) in [6, 6.07) is 6.49. The van der Waals surface area contributed by atoms with Crippen LogP contribution in [-0.4, -0.2) is 41.1 Å². The van der Waals surface area contributed by atoms with Crippen molar-refractivity contribution < 1.29 is 14.3 Å². The molecule has 0 aliphatic heterocycles. The molecule has 0 aliphatic rings. The molecule has 0 radical (unpaired) electrons. The van der Waals surface area contributed by atoms with Gasteiger partial charge in [-0.05, 0) is 24.3 Å². The standard InChI is InChI=1S/C13H14N2O4/c1-15(6-7-16)13(18)9-4-5-10(14-12(9)17)11-3-2-8-19-11/h2-5,8,16H,6-7H2,1H3,(H,14,17). The lowest BCUT2D eigenvalue weighted by molar-refractivity contribution is 0.0765. The molecule has 1 amide bonds. The lowest BCUT2D eigenvalue weighted by atomic mass is 10.2. The van der Waals surface area contributed by atoms with Crippen molar-refractivity contribution in [1.29, 1.82) is 0 Å². The maximum atomic E-state index is 11.9. The largest absolute Gasteiger partial charge is 0.463 e. The second-order valence-electron chi connectivity index (χ2n) is 4.04. The van der Waals surface area contributed by atoms with Crippen LogP contribution >= 0.6 is 0 Å². The predicted molar refractivity (Wildman–Crippen MR) is 68.8 cm³/mol. The van der Waals surface area contributed by atoms with E-state index in [2.05, 4.69) is 4.98 Å². The van der Waals surface area contributed by atoms with E-state index in [9.17, 15) is 9.59 Å².